The van der Waals surface area contributed by atoms with Gasteiger partial charge < -0.3 is 4.74 Å². The predicted octanol–water partition coefficient (Wildman–Crippen LogP) is 4.13. The zero-order valence-corrected chi connectivity index (χ0v) is 10.9. The molecule has 1 saturated carbocycles. The maximum atomic E-state index is 5.95. The first-order valence-corrected chi connectivity index (χ1v) is 6.87. The van der Waals surface area contributed by atoms with Crippen molar-refractivity contribution in [1.82, 2.24) is 0 Å². The maximum Gasteiger partial charge on any atom is 0.0799 e. The van der Waals surface area contributed by atoms with Crippen molar-refractivity contribution in [1.29, 1.82) is 0 Å². The topological polar surface area (TPSA) is 9.23 Å². The molecule has 0 aliphatic heterocycles. The third-order valence-electron chi connectivity index (χ3n) is 3.71. The van der Waals surface area contributed by atoms with E-state index in [9.17, 15) is 0 Å². The highest BCUT2D eigenvalue weighted by Crippen LogP contribution is 2.31. The first kappa shape index (κ1) is 11.7. The fraction of sp³-hybridized carbons (Fsp3) is 0.412. The zero-order chi connectivity index (χ0) is 12.4. The third kappa shape index (κ3) is 2.91. The van der Waals surface area contributed by atoms with Gasteiger partial charge in [-0.25, -0.2) is 0 Å². The Balaban J connectivity index is 1.64. The second-order valence-electron chi connectivity index (χ2n) is 5.46. The number of rotatable bonds is 4. The van der Waals surface area contributed by atoms with Gasteiger partial charge in [0.15, 0.2) is 0 Å². The molecule has 0 heterocycles. The van der Waals surface area contributed by atoms with Crippen LogP contribution in [0.5, 0.6) is 0 Å². The van der Waals surface area contributed by atoms with Crippen molar-refractivity contribution >= 4 is 5.57 Å². The summed E-state index contributed by atoms with van der Waals surface area (Å²) in [5, 5.41) is 0. The lowest BCUT2D eigenvalue weighted by molar-refractivity contribution is 0.0796. The van der Waals surface area contributed by atoms with Gasteiger partial charge in [-0.3, -0.25) is 0 Å². The smallest absolute Gasteiger partial charge is 0.0799 e. The molecule has 0 aromatic heterocycles. The van der Waals surface area contributed by atoms with E-state index in [4.69, 9.17) is 4.74 Å². The van der Waals surface area contributed by atoms with E-state index in [0.717, 1.165) is 18.9 Å². The van der Waals surface area contributed by atoms with Crippen LogP contribution in [0.1, 0.15) is 30.4 Å². The van der Waals surface area contributed by atoms with Gasteiger partial charge in [0.25, 0.3) is 0 Å². The predicted molar refractivity (Wildman–Crippen MR) is 75.4 cm³/mol. The monoisotopic (exact) mass is 240 g/mol. The van der Waals surface area contributed by atoms with E-state index in [1.807, 2.05) is 0 Å². The molecule has 0 saturated heterocycles. The second-order valence-corrected chi connectivity index (χ2v) is 5.46. The van der Waals surface area contributed by atoms with E-state index in [1.54, 1.807) is 0 Å². The molecular formula is C17H20O. The molecule has 0 N–H and O–H groups in total. The summed E-state index contributed by atoms with van der Waals surface area (Å²) in [6.07, 6.45) is 10.5. The van der Waals surface area contributed by atoms with Crippen LogP contribution in [0, 0.1) is 12.8 Å². The summed E-state index contributed by atoms with van der Waals surface area (Å²) in [5.74, 6) is 0.840. The van der Waals surface area contributed by atoms with E-state index >= 15 is 0 Å². The average Bonchev–Trinajstić information content (AvgIpc) is 3.22. The molecule has 2 aliphatic carbocycles. The van der Waals surface area contributed by atoms with Gasteiger partial charge in [0, 0.05) is 6.42 Å². The van der Waals surface area contributed by atoms with E-state index in [0.29, 0.717) is 0 Å². The number of benzene rings is 1. The molecule has 1 aromatic rings. The zero-order valence-electron chi connectivity index (χ0n) is 10.9. The molecule has 0 amide bonds. The Morgan fingerprint density at radius 3 is 2.67 bits per heavy atom. The first-order valence-electron chi connectivity index (χ1n) is 6.87. The van der Waals surface area contributed by atoms with Crippen LogP contribution in [0.3, 0.4) is 0 Å². The van der Waals surface area contributed by atoms with Crippen LogP contribution < -0.4 is 0 Å². The van der Waals surface area contributed by atoms with Crippen molar-refractivity contribution in [2.75, 3.05) is 6.61 Å². The lowest BCUT2D eigenvalue weighted by atomic mass is 9.95. The van der Waals surface area contributed by atoms with Crippen molar-refractivity contribution < 1.29 is 4.74 Å². The van der Waals surface area contributed by atoms with E-state index in [2.05, 4.69) is 49.4 Å². The largest absolute Gasteiger partial charge is 0.374 e. The SMILES string of the molecule is Cc1ccc(C2=CC=CC(OCC3CC3)C2)cc1. The lowest BCUT2D eigenvalue weighted by Crippen LogP contribution is -2.14. The molecule has 18 heavy (non-hydrogen) atoms. The highest BCUT2D eigenvalue weighted by atomic mass is 16.5. The quantitative estimate of drug-likeness (QED) is 0.768. The van der Waals surface area contributed by atoms with Gasteiger partial charge in [0.05, 0.1) is 12.7 Å². The van der Waals surface area contributed by atoms with Crippen molar-refractivity contribution in [3.8, 4) is 0 Å². The number of hydrogen-bond donors (Lipinski definition) is 0. The van der Waals surface area contributed by atoms with E-state index in [-0.39, 0.29) is 6.10 Å². The normalized spacial score (nSPS) is 22.9. The molecule has 0 spiro atoms. The Hall–Kier alpha value is -1.34. The average molecular weight is 240 g/mol. The molecule has 94 valence electrons. The Kier molecular flexibility index (Phi) is 3.33. The molecule has 1 fully saturated rings. The van der Waals surface area contributed by atoms with Gasteiger partial charge in [-0.1, -0.05) is 48.1 Å². The van der Waals surface area contributed by atoms with Crippen LogP contribution in [0.25, 0.3) is 5.57 Å². The summed E-state index contributed by atoms with van der Waals surface area (Å²) < 4.78 is 5.95. The third-order valence-corrected chi connectivity index (χ3v) is 3.71. The molecule has 1 atom stereocenters. The van der Waals surface area contributed by atoms with Gasteiger partial charge in [-0.15, -0.1) is 0 Å². The lowest BCUT2D eigenvalue weighted by Gasteiger charge is -2.19. The highest BCUT2D eigenvalue weighted by molar-refractivity contribution is 5.69. The second kappa shape index (κ2) is 5.11. The fourth-order valence-electron chi connectivity index (χ4n) is 2.29. The van der Waals surface area contributed by atoms with Crippen LogP contribution in [-0.2, 0) is 4.74 Å². The molecular weight excluding hydrogens is 220 g/mol. The number of ether oxygens (including phenoxy) is 1. The first-order chi connectivity index (χ1) is 8.81. The van der Waals surface area contributed by atoms with Crippen molar-refractivity contribution in [2.45, 2.75) is 32.3 Å². The van der Waals surface area contributed by atoms with E-state index < -0.39 is 0 Å². The standard InChI is InChI=1S/C17H20O/c1-13-5-9-15(10-6-13)16-3-2-4-17(11-16)18-12-14-7-8-14/h2-6,9-10,14,17H,7-8,11-12H2,1H3. The molecule has 1 unspecified atom stereocenters. The summed E-state index contributed by atoms with van der Waals surface area (Å²) in [6.45, 7) is 3.07. The van der Waals surface area contributed by atoms with Gasteiger partial charge >= 0.3 is 0 Å². The number of hydrogen-bond acceptors (Lipinski definition) is 1. The minimum absolute atomic E-state index is 0.270. The molecule has 1 heteroatoms. The Morgan fingerprint density at radius 1 is 1.17 bits per heavy atom. The van der Waals surface area contributed by atoms with Crippen LogP contribution in [0.4, 0.5) is 0 Å². The van der Waals surface area contributed by atoms with Gasteiger partial charge in [-0.05, 0) is 36.8 Å². The molecule has 3 rings (SSSR count). The Morgan fingerprint density at radius 2 is 1.94 bits per heavy atom. The molecule has 1 aromatic carbocycles. The van der Waals surface area contributed by atoms with Gasteiger partial charge in [-0.2, -0.15) is 0 Å². The molecule has 0 radical (unpaired) electrons. The summed E-state index contributed by atoms with van der Waals surface area (Å²) in [6, 6.07) is 8.76. The summed E-state index contributed by atoms with van der Waals surface area (Å²) in [4.78, 5) is 0. The van der Waals surface area contributed by atoms with Gasteiger partial charge in [0.1, 0.15) is 0 Å². The molecule has 0 bridgehead atoms. The molecule has 2 aliphatic rings. The maximum absolute atomic E-state index is 5.95. The fourth-order valence-corrected chi connectivity index (χ4v) is 2.29. The van der Waals surface area contributed by atoms with Crippen molar-refractivity contribution in [3.63, 3.8) is 0 Å². The summed E-state index contributed by atoms with van der Waals surface area (Å²) >= 11 is 0. The Bertz CT molecular complexity index is 463. The number of aryl methyl sites for hydroxylation is 1. The van der Waals surface area contributed by atoms with Crippen LogP contribution >= 0.6 is 0 Å². The van der Waals surface area contributed by atoms with Crippen molar-refractivity contribution in [3.05, 3.63) is 53.6 Å². The Labute approximate surface area is 109 Å². The minimum Gasteiger partial charge on any atom is -0.374 e. The van der Waals surface area contributed by atoms with Crippen LogP contribution in [0.15, 0.2) is 42.5 Å². The van der Waals surface area contributed by atoms with Crippen LogP contribution in [0.2, 0.25) is 0 Å². The van der Waals surface area contributed by atoms with Crippen molar-refractivity contribution in [2.24, 2.45) is 5.92 Å². The van der Waals surface area contributed by atoms with Crippen LogP contribution in [-0.4, -0.2) is 12.7 Å². The molecule has 1 nitrogen and oxygen atoms in total. The highest BCUT2D eigenvalue weighted by Gasteiger charge is 2.23. The number of allylic oxidation sites excluding steroid dienone is 2. The summed E-state index contributed by atoms with van der Waals surface area (Å²) in [5.41, 5.74) is 4.02. The van der Waals surface area contributed by atoms with E-state index in [1.165, 1.54) is 29.5 Å². The summed E-state index contributed by atoms with van der Waals surface area (Å²) in [7, 11) is 0. The van der Waals surface area contributed by atoms with Gasteiger partial charge in [0.2, 0.25) is 0 Å². The minimum atomic E-state index is 0.270.